The van der Waals surface area contributed by atoms with Crippen LogP contribution in [-0.4, -0.2) is 42.4 Å². The van der Waals surface area contributed by atoms with Crippen molar-refractivity contribution in [2.24, 2.45) is 0 Å². The SMILES string of the molecule is O=C(c1ccc(NS(=O)(=O)c2cccc3ccc(F)nc23)cc1)N1CCC(O)(c2ccccc2Cl)CC1. The predicted octanol–water partition coefficient (Wildman–Crippen LogP) is 4.95. The number of piperidine rings is 1. The standard InChI is InChI=1S/C27H23ClFN3O4S/c28-22-6-2-1-5-21(22)27(34)14-16-32(17-15-27)26(33)19-8-11-20(12-9-19)31-37(35,36)23-7-3-4-18-10-13-24(29)30-25(18)23/h1-13,31,34H,14-17H2. The number of rotatable bonds is 5. The van der Waals surface area contributed by atoms with Gasteiger partial charge in [0.25, 0.3) is 15.9 Å². The Kier molecular flexibility index (Phi) is 6.61. The Balaban J connectivity index is 1.28. The van der Waals surface area contributed by atoms with E-state index in [1.54, 1.807) is 35.2 Å². The smallest absolute Gasteiger partial charge is 0.264 e. The molecule has 1 aliphatic rings. The van der Waals surface area contributed by atoms with Crippen LogP contribution in [0.4, 0.5) is 10.1 Å². The summed E-state index contributed by atoms with van der Waals surface area (Å²) in [6.07, 6.45) is 0.694. The van der Waals surface area contributed by atoms with E-state index in [1.807, 2.05) is 6.07 Å². The number of nitrogens with one attached hydrogen (secondary N) is 1. The normalized spacial score (nSPS) is 15.5. The zero-order valence-corrected chi connectivity index (χ0v) is 21.1. The van der Waals surface area contributed by atoms with Gasteiger partial charge in [0, 0.05) is 40.3 Å². The molecule has 0 spiro atoms. The van der Waals surface area contributed by atoms with Crippen LogP contribution >= 0.6 is 11.6 Å². The fraction of sp³-hybridized carbons (Fsp3) is 0.185. The van der Waals surface area contributed by atoms with E-state index in [-0.39, 0.29) is 22.0 Å². The Morgan fingerprint density at radius 3 is 2.38 bits per heavy atom. The molecule has 0 unspecified atom stereocenters. The Hall–Kier alpha value is -3.53. The van der Waals surface area contributed by atoms with Crippen molar-refractivity contribution in [2.75, 3.05) is 17.8 Å². The van der Waals surface area contributed by atoms with Crippen molar-refractivity contribution in [1.29, 1.82) is 0 Å². The summed E-state index contributed by atoms with van der Waals surface area (Å²) in [5, 5.41) is 12.1. The number of likely N-dealkylation sites (tertiary alicyclic amines) is 1. The van der Waals surface area contributed by atoms with Crippen molar-refractivity contribution in [3.63, 3.8) is 0 Å². The highest BCUT2D eigenvalue weighted by molar-refractivity contribution is 7.93. The van der Waals surface area contributed by atoms with Crippen molar-refractivity contribution in [3.8, 4) is 0 Å². The third-order valence-corrected chi connectivity index (χ3v) is 8.32. The first-order valence-corrected chi connectivity index (χ1v) is 13.5. The number of benzene rings is 3. The van der Waals surface area contributed by atoms with Gasteiger partial charge in [-0.25, -0.2) is 13.4 Å². The maximum Gasteiger partial charge on any atom is 0.264 e. The van der Waals surface area contributed by atoms with Gasteiger partial charge in [0.05, 0.1) is 11.1 Å². The van der Waals surface area contributed by atoms with Gasteiger partial charge < -0.3 is 10.0 Å². The van der Waals surface area contributed by atoms with E-state index in [4.69, 9.17) is 11.6 Å². The molecule has 2 N–H and O–H groups in total. The molecule has 1 aromatic heterocycles. The number of pyridine rings is 1. The number of aliphatic hydroxyl groups is 1. The average molecular weight is 540 g/mol. The highest BCUT2D eigenvalue weighted by Gasteiger charge is 2.37. The van der Waals surface area contributed by atoms with Crippen LogP contribution in [0.2, 0.25) is 5.02 Å². The van der Waals surface area contributed by atoms with Crippen LogP contribution in [0.25, 0.3) is 10.9 Å². The minimum atomic E-state index is -4.07. The summed E-state index contributed by atoms with van der Waals surface area (Å²) in [6.45, 7) is 0.694. The summed E-state index contributed by atoms with van der Waals surface area (Å²) in [6, 6.07) is 20.4. The van der Waals surface area contributed by atoms with Crippen molar-refractivity contribution in [2.45, 2.75) is 23.3 Å². The van der Waals surface area contributed by atoms with Crippen molar-refractivity contribution < 1.29 is 22.7 Å². The number of carbonyl (C=O) groups is 1. The molecular formula is C27H23ClFN3O4S. The summed E-state index contributed by atoms with van der Waals surface area (Å²) >= 11 is 6.27. The molecule has 0 bridgehead atoms. The lowest BCUT2D eigenvalue weighted by Gasteiger charge is -2.39. The van der Waals surface area contributed by atoms with Crippen LogP contribution in [0, 0.1) is 5.95 Å². The first-order chi connectivity index (χ1) is 17.7. The topological polar surface area (TPSA) is 99.6 Å². The molecule has 4 aromatic rings. The van der Waals surface area contributed by atoms with E-state index in [0.717, 1.165) is 0 Å². The lowest BCUT2D eigenvalue weighted by molar-refractivity contribution is -0.0210. The number of carbonyl (C=O) groups excluding carboxylic acids is 1. The molecular weight excluding hydrogens is 517 g/mol. The second-order valence-corrected chi connectivity index (χ2v) is 11.0. The first-order valence-electron chi connectivity index (χ1n) is 11.6. The third kappa shape index (κ3) is 5.02. The van der Waals surface area contributed by atoms with Gasteiger partial charge in [0.1, 0.15) is 4.90 Å². The second kappa shape index (κ2) is 9.74. The molecule has 0 aliphatic carbocycles. The van der Waals surface area contributed by atoms with Crippen LogP contribution in [0.1, 0.15) is 28.8 Å². The fourth-order valence-electron chi connectivity index (χ4n) is 4.57. The van der Waals surface area contributed by atoms with E-state index in [1.165, 1.54) is 42.5 Å². The molecule has 3 aromatic carbocycles. The van der Waals surface area contributed by atoms with Crippen LogP contribution < -0.4 is 4.72 Å². The van der Waals surface area contributed by atoms with Gasteiger partial charge in [0.15, 0.2) is 0 Å². The van der Waals surface area contributed by atoms with E-state index in [0.29, 0.717) is 47.5 Å². The molecule has 1 saturated heterocycles. The number of halogens is 2. The maximum absolute atomic E-state index is 13.7. The van der Waals surface area contributed by atoms with Gasteiger partial charge in [-0.3, -0.25) is 9.52 Å². The van der Waals surface area contributed by atoms with Gasteiger partial charge in [-0.15, -0.1) is 0 Å². The summed E-state index contributed by atoms with van der Waals surface area (Å²) in [4.78, 5) is 18.3. The molecule has 190 valence electrons. The minimum Gasteiger partial charge on any atom is -0.385 e. The lowest BCUT2D eigenvalue weighted by Crippen LogP contribution is -2.45. The van der Waals surface area contributed by atoms with Gasteiger partial charge in [-0.2, -0.15) is 4.39 Å². The average Bonchev–Trinajstić information content (AvgIpc) is 2.89. The Morgan fingerprint density at radius 1 is 0.973 bits per heavy atom. The molecule has 1 amide bonds. The Bertz CT molecular complexity index is 1590. The summed E-state index contributed by atoms with van der Waals surface area (Å²) in [7, 11) is -4.07. The Morgan fingerprint density at radius 2 is 1.68 bits per heavy atom. The molecule has 5 rings (SSSR count). The molecule has 1 aliphatic heterocycles. The van der Waals surface area contributed by atoms with Gasteiger partial charge in [-0.05, 0) is 61.4 Å². The highest BCUT2D eigenvalue weighted by Crippen LogP contribution is 2.37. The number of fused-ring (bicyclic) bond motifs is 1. The first kappa shape index (κ1) is 25.1. The van der Waals surface area contributed by atoms with Gasteiger partial charge >= 0.3 is 0 Å². The van der Waals surface area contributed by atoms with Crippen LogP contribution in [0.3, 0.4) is 0 Å². The van der Waals surface area contributed by atoms with Crippen LogP contribution in [-0.2, 0) is 15.6 Å². The summed E-state index contributed by atoms with van der Waals surface area (Å²) < 4.78 is 42.2. The van der Waals surface area contributed by atoms with Crippen molar-refractivity contribution >= 4 is 44.1 Å². The zero-order chi connectivity index (χ0) is 26.2. The predicted molar refractivity (Wildman–Crippen MR) is 139 cm³/mol. The number of anilines is 1. The largest absolute Gasteiger partial charge is 0.385 e. The molecule has 37 heavy (non-hydrogen) atoms. The zero-order valence-electron chi connectivity index (χ0n) is 19.6. The third-order valence-electron chi connectivity index (χ3n) is 6.58. The number of hydrogen-bond acceptors (Lipinski definition) is 5. The quantitative estimate of drug-likeness (QED) is 0.349. The number of nitrogens with zero attached hydrogens (tertiary/aromatic N) is 2. The van der Waals surface area contributed by atoms with Crippen molar-refractivity contribution in [1.82, 2.24) is 9.88 Å². The second-order valence-electron chi connectivity index (χ2n) is 8.95. The Labute approximate surface area is 218 Å². The van der Waals surface area contributed by atoms with E-state index >= 15 is 0 Å². The lowest BCUT2D eigenvalue weighted by atomic mass is 9.84. The number of amides is 1. The fourth-order valence-corrected chi connectivity index (χ4v) is 6.12. The molecule has 7 nitrogen and oxygen atoms in total. The monoisotopic (exact) mass is 539 g/mol. The summed E-state index contributed by atoms with van der Waals surface area (Å²) in [5.74, 6) is -0.995. The molecule has 0 saturated carbocycles. The molecule has 0 radical (unpaired) electrons. The van der Waals surface area contributed by atoms with Gasteiger partial charge in [0.2, 0.25) is 5.95 Å². The van der Waals surface area contributed by atoms with Crippen LogP contribution in [0.5, 0.6) is 0 Å². The van der Waals surface area contributed by atoms with Crippen molar-refractivity contribution in [3.05, 3.63) is 101 Å². The highest BCUT2D eigenvalue weighted by atomic mass is 35.5. The van der Waals surface area contributed by atoms with E-state index in [9.17, 15) is 22.7 Å². The van der Waals surface area contributed by atoms with Crippen LogP contribution in [0.15, 0.2) is 83.8 Å². The van der Waals surface area contributed by atoms with Gasteiger partial charge in [-0.1, -0.05) is 41.9 Å². The number of hydrogen-bond donors (Lipinski definition) is 2. The minimum absolute atomic E-state index is 0.0312. The van der Waals surface area contributed by atoms with E-state index < -0.39 is 21.6 Å². The summed E-state index contributed by atoms with van der Waals surface area (Å²) in [5.41, 5.74) is 0.223. The molecule has 1 fully saturated rings. The van der Waals surface area contributed by atoms with E-state index in [2.05, 4.69) is 9.71 Å². The molecule has 0 atom stereocenters. The maximum atomic E-state index is 13.7. The number of para-hydroxylation sites is 1. The molecule has 10 heteroatoms. The number of sulfonamides is 1. The number of aromatic nitrogens is 1. The molecule has 2 heterocycles.